The number of fused-ring (bicyclic) bond motifs is 1. The average molecular weight is 285 g/mol. The number of carbonyl (C=O) groups excluding carboxylic acids is 1. The predicted molar refractivity (Wildman–Crippen MR) is 72.0 cm³/mol. The number of furan rings is 1. The SMILES string of the molecule is O=C(NCc1ccc(C(=O)O)o1)c1cn2ccccc2n1. The second-order valence-corrected chi connectivity index (χ2v) is 4.35. The van der Waals surface area contributed by atoms with Gasteiger partial charge in [0.25, 0.3) is 5.91 Å². The lowest BCUT2D eigenvalue weighted by atomic mass is 10.4. The lowest BCUT2D eigenvalue weighted by Crippen LogP contribution is -2.22. The fourth-order valence-corrected chi connectivity index (χ4v) is 1.89. The molecule has 3 aromatic rings. The number of hydrogen-bond donors (Lipinski definition) is 2. The number of pyridine rings is 1. The summed E-state index contributed by atoms with van der Waals surface area (Å²) in [5.74, 6) is -1.30. The maximum Gasteiger partial charge on any atom is 0.371 e. The van der Waals surface area contributed by atoms with Gasteiger partial charge in [-0.1, -0.05) is 6.07 Å². The number of aromatic carboxylic acids is 1. The van der Waals surface area contributed by atoms with E-state index in [2.05, 4.69) is 10.3 Å². The van der Waals surface area contributed by atoms with Crippen molar-refractivity contribution in [1.29, 1.82) is 0 Å². The number of carboxylic acid groups (broad SMARTS) is 1. The topological polar surface area (TPSA) is 96.8 Å². The molecule has 21 heavy (non-hydrogen) atoms. The highest BCUT2D eigenvalue weighted by atomic mass is 16.4. The van der Waals surface area contributed by atoms with Gasteiger partial charge in [-0.25, -0.2) is 9.78 Å². The van der Waals surface area contributed by atoms with Gasteiger partial charge in [0.15, 0.2) is 0 Å². The maximum atomic E-state index is 12.0. The number of carbonyl (C=O) groups is 2. The number of imidazole rings is 1. The third kappa shape index (κ3) is 2.62. The van der Waals surface area contributed by atoms with E-state index in [1.54, 1.807) is 22.9 Å². The number of carboxylic acids is 1. The summed E-state index contributed by atoms with van der Waals surface area (Å²) in [4.78, 5) is 26.8. The molecule has 3 heterocycles. The van der Waals surface area contributed by atoms with E-state index in [0.717, 1.165) is 0 Å². The molecule has 7 heteroatoms. The standard InChI is InChI=1S/C14H11N3O4/c18-13(10-8-17-6-2-1-3-12(17)16-10)15-7-9-4-5-11(21-9)14(19)20/h1-6,8H,7H2,(H,15,18)(H,19,20). The van der Waals surface area contributed by atoms with Gasteiger partial charge in [0.2, 0.25) is 5.76 Å². The van der Waals surface area contributed by atoms with Gasteiger partial charge in [-0.15, -0.1) is 0 Å². The lowest BCUT2D eigenvalue weighted by Gasteiger charge is -1.99. The molecule has 0 atom stereocenters. The zero-order valence-corrected chi connectivity index (χ0v) is 10.8. The molecule has 0 aromatic carbocycles. The summed E-state index contributed by atoms with van der Waals surface area (Å²) in [5, 5.41) is 11.4. The summed E-state index contributed by atoms with van der Waals surface area (Å²) in [6, 6.07) is 8.32. The summed E-state index contributed by atoms with van der Waals surface area (Å²) in [6.07, 6.45) is 3.42. The minimum Gasteiger partial charge on any atom is -0.475 e. The lowest BCUT2D eigenvalue weighted by molar-refractivity contribution is 0.0660. The molecule has 0 aliphatic carbocycles. The number of hydrogen-bond acceptors (Lipinski definition) is 4. The second kappa shape index (κ2) is 5.12. The molecule has 3 aromatic heterocycles. The van der Waals surface area contributed by atoms with Crippen LogP contribution in [-0.4, -0.2) is 26.4 Å². The molecule has 7 nitrogen and oxygen atoms in total. The Bertz CT molecular complexity index is 785. The Morgan fingerprint density at radius 2 is 2.14 bits per heavy atom. The number of aromatic nitrogens is 2. The van der Waals surface area contributed by atoms with Crippen molar-refractivity contribution >= 4 is 17.5 Å². The summed E-state index contributed by atoms with van der Waals surface area (Å²) in [6.45, 7) is 0.0972. The first-order valence-corrected chi connectivity index (χ1v) is 6.17. The van der Waals surface area contributed by atoms with Crippen molar-refractivity contribution in [2.24, 2.45) is 0 Å². The molecular weight excluding hydrogens is 274 g/mol. The number of rotatable bonds is 4. The molecule has 0 fully saturated rings. The molecule has 1 amide bonds. The van der Waals surface area contributed by atoms with Crippen molar-refractivity contribution < 1.29 is 19.1 Å². The van der Waals surface area contributed by atoms with E-state index in [4.69, 9.17) is 9.52 Å². The van der Waals surface area contributed by atoms with Crippen LogP contribution in [0.25, 0.3) is 5.65 Å². The predicted octanol–water partition coefficient (Wildman–Crippen LogP) is 1.56. The molecule has 0 radical (unpaired) electrons. The zero-order chi connectivity index (χ0) is 14.8. The normalized spacial score (nSPS) is 10.7. The van der Waals surface area contributed by atoms with Gasteiger partial charge in [0.05, 0.1) is 6.54 Å². The van der Waals surface area contributed by atoms with Crippen molar-refractivity contribution in [1.82, 2.24) is 14.7 Å². The highest BCUT2D eigenvalue weighted by molar-refractivity contribution is 5.92. The molecule has 0 aliphatic rings. The molecule has 106 valence electrons. The van der Waals surface area contributed by atoms with Gasteiger partial charge >= 0.3 is 5.97 Å². The number of nitrogens with zero attached hydrogens (tertiary/aromatic N) is 2. The molecule has 0 unspecified atom stereocenters. The Morgan fingerprint density at radius 3 is 2.86 bits per heavy atom. The molecule has 0 aliphatic heterocycles. The van der Waals surface area contributed by atoms with Gasteiger partial charge in [0, 0.05) is 12.4 Å². The van der Waals surface area contributed by atoms with E-state index in [9.17, 15) is 9.59 Å². The number of nitrogens with one attached hydrogen (secondary N) is 1. The molecule has 0 spiro atoms. The minimum atomic E-state index is -1.15. The van der Waals surface area contributed by atoms with Crippen molar-refractivity contribution in [2.45, 2.75) is 6.54 Å². The highest BCUT2D eigenvalue weighted by Gasteiger charge is 2.12. The zero-order valence-electron chi connectivity index (χ0n) is 10.8. The third-order valence-electron chi connectivity index (χ3n) is 2.89. The van der Waals surface area contributed by atoms with Crippen LogP contribution in [0.5, 0.6) is 0 Å². The number of amides is 1. The molecule has 3 rings (SSSR count). The molecule has 2 N–H and O–H groups in total. The average Bonchev–Trinajstić information content (AvgIpc) is 3.11. The summed E-state index contributed by atoms with van der Waals surface area (Å²) < 4.78 is 6.79. The fraction of sp³-hybridized carbons (Fsp3) is 0.0714. The Kier molecular flexibility index (Phi) is 3.15. The van der Waals surface area contributed by atoms with Crippen molar-refractivity contribution in [2.75, 3.05) is 0 Å². The van der Waals surface area contributed by atoms with Crippen LogP contribution in [0.3, 0.4) is 0 Å². The van der Waals surface area contributed by atoms with Crippen LogP contribution in [0, 0.1) is 0 Å². The van der Waals surface area contributed by atoms with E-state index in [1.807, 2.05) is 12.1 Å². The smallest absolute Gasteiger partial charge is 0.371 e. The van der Waals surface area contributed by atoms with Crippen molar-refractivity contribution in [3.05, 3.63) is 59.9 Å². The van der Waals surface area contributed by atoms with E-state index < -0.39 is 5.97 Å². The Hall–Kier alpha value is -3.09. The Labute approximate surface area is 118 Å². The highest BCUT2D eigenvalue weighted by Crippen LogP contribution is 2.08. The molecule has 0 saturated carbocycles. The van der Waals surface area contributed by atoms with Crippen molar-refractivity contribution in [3.63, 3.8) is 0 Å². The monoisotopic (exact) mass is 285 g/mol. The van der Waals surface area contributed by atoms with Gasteiger partial charge < -0.3 is 19.2 Å². The van der Waals surface area contributed by atoms with Crippen LogP contribution in [0.15, 0.2) is 47.1 Å². The van der Waals surface area contributed by atoms with Crippen LogP contribution in [0.2, 0.25) is 0 Å². The van der Waals surface area contributed by atoms with E-state index in [1.165, 1.54) is 12.1 Å². The Morgan fingerprint density at radius 1 is 1.29 bits per heavy atom. The summed E-state index contributed by atoms with van der Waals surface area (Å²) >= 11 is 0. The van der Waals surface area contributed by atoms with Gasteiger partial charge in [-0.2, -0.15) is 0 Å². The second-order valence-electron chi connectivity index (χ2n) is 4.35. The van der Waals surface area contributed by atoms with E-state index in [-0.39, 0.29) is 23.9 Å². The fourth-order valence-electron chi connectivity index (χ4n) is 1.89. The summed E-state index contributed by atoms with van der Waals surface area (Å²) in [7, 11) is 0. The van der Waals surface area contributed by atoms with Crippen molar-refractivity contribution in [3.8, 4) is 0 Å². The van der Waals surface area contributed by atoms with Gasteiger partial charge in [-0.05, 0) is 24.3 Å². The van der Waals surface area contributed by atoms with E-state index in [0.29, 0.717) is 11.4 Å². The van der Waals surface area contributed by atoms with Gasteiger partial charge in [-0.3, -0.25) is 4.79 Å². The quantitative estimate of drug-likeness (QED) is 0.758. The Balaban J connectivity index is 1.69. The largest absolute Gasteiger partial charge is 0.475 e. The molecule has 0 bridgehead atoms. The molecule has 0 saturated heterocycles. The first kappa shape index (κ1) is 12.9. The van der Waals surface area contributed by atoms with Crippen LogP contribution in [0.1, 0.15) is 26.8 Å². The van der Waals surface area contributed by atoms with Gasteiger partial charge in [0.1, 0.15) is 17.1 Å². The first-order chi connectivity index (χ1) is 10.1. The van der Waals surface area contributed by atoms with Crippen LogP contribution in [-0.2, 0) is 6.54 Å². The minimum absolute atomic E-state index is 0.0972. The summed E-state index contributed by atoms with van der Waals surface area (Å²) in [5.41, 5.74) is 0.958. The van der Waals surface area contributed by atoms with Crippen LogP contribution >= 0.6 is 0 Å². The van der Waals surface area contributed by atoms with Crippen LogP contribution < -0.4 is 5.32 Å². The van der Waals surface area contributed by atoms with E-state index >= 15 is 0 Å². The molecular formula is C14H11N3O4. The van der Waals surface area contributed by atoms with Crippen LogP contribution in [0.4, 0.5) is 0 Å². The first-order valence-electron chi connectivity index (χ1n) is 6.17. The maximum absolute atomic E-state index is 12.0. The third-order valence-corrected chi connectivity index (χ3v) is 2.89.